The van der Waals surface area contributed by atoms with Crippen LogP contribution in [0.25, 0.3) is 0 Å². The summed E-state index contributed by atoms with van der Waals surface area (Å²) in [6.07, 6.45) is 10.9. The average Bonchev–Trinajstić information content (AvgIpc) is 2.16. The summed E-state index contributed by atoms with van der Waals surface area (Å²) >= 11 is 0. The SMILES string of the molecule is C/C=C(\C)CCC1CCC(C)CC1. The van der Waals surface area contributed by atoms with Gasteiger partial charge in [0.2, 0.25) is 0 Å². The van der Waals surface area contributed by atoms with Crippen LogP contribution in [0.3, 0.4) is 0 Å². The Morgan fingerprint density at radius 3 is 2.38 bits per heavy atom. The molecule has 0 heteroatoms. The molecule has 0 spiro atoms. The maximum absolute atomic E-state index is 2.40. The van der Waals surface area contributed by atoms with Crippen LogP contribution in [0.5, 0.6) is 0 Å². The lowest BCUT2D eigenvalue weighted by atomic mass is 9.80. The molecule has 0 aliphatic heterocycles. The van der Waals surface area contributed by atoms with E-state index < -0.39 is 0 Å². The van der Waals surface area contributed by atoms with Gasteiger partial charge in [0.1, 0.15) is 0 Å². The third kappa shape index (κ3) is 3.97. The smallest absolute Gasteiger partial charge is 0.0321 e. The van der Waals surface area contributed by atoms with Gasteiger partial charge in [-0.15, -0.1) is 0 Å². The Labute approximate surface area is 83.4 Å². The lowest BCUT2D eigenvalue weighted by molar-refractivity contribution is 0.277. The van der Waals surface area contributed by atoms with E-state index in [9.17, 15) is 0 Å². The van der Waals surface area contributed by atoms with Crippen LogP contribution in [0.15, 0.2) is 11.6 Å². The standard InChI is InChI=1S/C13H24/c1-4-11(2)5-8-13-9-6-12(3)7-10-13/h4,12-13H,5-10H2,1-3H3/b11-4+. The van der Waals surface area contributed by atoms with Gasteiger partial charge in [0.15, 0.2) is 0 Å². The van der Waals surface area contributed by atoms with Crippen molar-refractivity contribution in [3.05, 3.63) is 11.6 Å². The normalized spacial score (nSPS) is 30.5. The first-order valence-electron chi connectivity index (χ1n) is 5.84. The Kier molecular flexibility index (Phi) is 4.55. The molecule has 1 aliphatic rings. The number of hydrogen-bond acceptors (Lipinski definition) is 0. The molecule has 13 heavy (non-hydrogen) atoms. The summed E-state index contributed by atoms with van der Waals surface area (Å²) in [6, 6.07) is 0. The van der Waals surface area contributed by atoms with Crippen molar-refractivity contribution >= 4 is 0 Å². The molecule has 1 fully saturated rings. The van der Waals surface area contributed by atoms with Crippen molar-refractivity contribution in [1.29, 1.82) is 0 Å². The van der Waals surface area contributed by atoms with E-state index in [2.05, 4.69) is 26.8 Å². The minimum Gasteiger partial charge on any atom is -0.0887 e. The number of allylic oxidation sites excluding steroid dienone is 2. The molecule has 0 N–H and O–H groups in total. The molecular formula is C13H24. The van der Waals surface area contributed by atoms with E-state index in [1.54, 1.807) is 5.57 Å². The first-order valence-corrected chi connectivity index (χ1v) is 5.84. The average molecular weight is 180 g/mol. The molecule has 0 heterocycles. The fraction of sp³-hybridized carbons (Fsp3) is 0.846. The van der Waals surface area contributed by atoms with Crippen molar-refractivity contribution in [2.75, 3.05) is 0 Å². The third-order valence-electron chi connectivity index (χ3n) is 3.58. The fourth-order valence-electron chi connectivity index (χ4n) is 2.19. The monoisotopic (exact) mass is 180 g/mol. The Balaban J connectivity index is 2.16. The molecule has 0 amide bonds. The highest BCUT2D eigenvalue weighted by atomic mass is 14.2. The third-order valence-corrected chi connectivity index (χ3v) is 3.58. The molecule has 0 aromatic heterocycles. The second kappa shape index (κ2) is 5.47. The minimum absolute atomic E-state index is 0.999. The van der Waals surface area contributed by atoms with E-state index in [4.69, 9.17) is 0 Å². The van der Waals surface area contributed by atoms with E-state index in [0.717, 1.165) is 11.8 Å². The van der Waals surface area contributed by atoms with Crippen molar-refractivity contribution in [1.82, 2.24) is 0 Å². The van der Waals surface area contributed by atoms with Gasteiger partial charge in [-0.2, -0.15) is 0 Å². The Morgan fingerprint density at radius 1 is 1.23 bits per heavy atom. The molecule has 0 radical (unpaired) electrons. The van der Waals surface area contributed by atoms with Crippen molar-refractivity contribution in [3.63, 3.8) is 0 Å². The lowest BCUT2D eigenvalue weighted by Crippen LogP contribution is -2.12. The Bertz CT molecular complexity index is 159. The van der Waals surface area contributed by atoms with Crippen LogP contribution in [-0.4, -0.2) is 0 Å². The second-order valence-electron chi connectivity index (χ2n) is 4.80. The predicted molar refractivity (Wildman–Crippen MR) is 59.8 cm³/mol. The number of hydrogen-bond donors (Lipinski definition) is 0. The minimum atomic E-state index is 0.999. The Morgan fingerprint density at radius 2 is 1.85 bits per heavy atom. The topological polar surface area (TPSA) is 0 Å². The zero-order valence-corrected chi connectivity index (χ0v) is 9.47. The van der Waals surface area contributed by atoms with E-state index in [-0.39, 0.29) is 0 Å². The molecule has 0 atom stereocenters. The molecule has 1 saturated carbocycles. The van der Waals surface area contributed by atoms with Crippen LogP contribution in [-0.2, 0) is 0 Å². The van der Waals surface area contributed by atoms with E-state index in [1.165, 1.54) is 38.5 Å². The van der Waals surface area contributed by atoms with E-state index in [1.807, 2.05) is 0 Å². The maximum Gasteiger partial charge on any atom is -0.0321 e. The summed E-state index contributed by atoms with van der Waals surface area (Å²) in [5.74, 6) is 2.03. The van der Waals surface area contributed by atoms with Crippen LogP contribution < -0.4 is 0 Å². The van der Waals surface area contributed by atoms with Crippen LogP contribution in [0, 0.1) is 11.8 Å². The predicted octanol–water partition coefficient (Wildman–Crippen LogP) is 4.56. The van der Waals surface area contributed by atoms with Crippen LogP contribution in [0.2, 0.25) is 0 Å². The molecule has 1 rings (SSSR count). The molecule has 0 bridgehead atoms. The molecule has 0 aromatic carbocycles. The van der Waals surface area contributed by atoms with Gasteiger partial charge >= 0.3 is 0 Å². The summed E-state index contributed by atoms with van der Waals surface area (Å²) < 4.78 is 0. The van der Waals surface area contributed by atoms with Crippen molar-refractivity contribution in [2.24, 2.45) is 11.8 Å². The first-order chi connectivity index (χ1) is 6.22. The summed E-state index contributed by atoms with van der Waals surface area (Å²) in [7, 11) is 0. The highest BCUT2D eigenvalue weighted by Gasteiger charge is 2.17. The zero-order chi connectivity index (χ0) is 9.68. The summed E-state index contributed by atoms with van der Waals surface area (Å²) in [5.41, 5.74) is 1.57. The Hall–Kier alpha value is -0.260. The van der Waals surface area contributed by atoms with Gasteiger partial charge in [0, 0.05) is 0 Å². The summed E-state index contributed by atoms with van der Waals surface area (Å²) in [5, 5.41) is 0. The quantitative estimate of drug-likeness (QED) is 0.558. The van der Waals surface area contributed by atoms with Crippen molar-refractivity contribution in [2.45, 2.75) is 59.3 Å². The largest absolute Gasteiger partial charge is 0.0887 e. The fourth-order valence-corrected chi connectivity index (χ4v) is 2.19. The summed E-state index contributed by atoms with van der Waals surface area (Å²) in [4.78, 5) is 0. The second-order valence-corrected chi connectivity index (χ2v) is 4.80. The van der Waals surface area contributed by atoms with Crippen LogP contribution in [0.4, 0.5) is 0 Å². The van der Waals surface area contributed by atoms with Gasteiger partial charge in [0.25, 0.3) is 0 Å². The molecule has 76 valence electrons. The summed E-state index contributed by atoms with van der Waals surface area (Å²) in [6.45, 7) is 6.80. The molecule has 0 saturated heterocycles. The number of rotatable bonds is 3. The van der Waals surface area contributed by atoms with Crippen LogP contribution in [0.1, 0.15) is 59.3 Å². The molecule has 0 unspecified atom stereocenters. The molecule has 0 aromatic rings. The van der Waals surface area contributed by atoms with E-state index >= 15 is 0 Å². The maximum atomic E-state index is 2.40. The van der Waals surface area contributed by atoms with Gasteiger partial charge in [-0.25, -0.2) is 0 Å². The van der Waals surface area contributed by atoms with E-state index in [0.29, 0.717) is 0 Å². The van der Waals surface area contributed by atoms with Crippen LogP contribution >= 0.6 is 0 Å². The van der Waals surface area contributed by atoms with Crippen molar-refractivity contribution < 1.29 is 0 Å². The lowest BCUT2D eigenvalue weighted by Gasteiger charge is -2.26. The molecular weight excluding hydrogens is 156 g/mol. The highest BCUT2D eigenvalue weighted by molar-refractivity contribution is 4.95. The van der Waals surface area contributed by atoms with Gasteiger partial charge < -0.3 is 0 Å². The molecule has 0 nitrogen and oxygen atoms in total. The molecule has 1 aliphatic carbocycles. The van der Waals surface area contributed by atoms with Gasteiger partial charge in [0.05, 0.1) is 0 Å². The first kappa shape index (κ1) is 10.8. The van der Waals surface area contributed by atoms with Gasteiger partial charge in [-0.05, 0) is 38.5 Å². The van der Waals surface area contributed by atoms with Gasteiger partial charge in [-0.1, -0.05) is 44.3 Å². The highest BCUT2D eigenvalue weighted by Crippen LogP contribution is 2.31. The zero-order valence-electron chi connectivity index (χ0n) is 9.47. The van der Waals surface area contributed by atoms with Crippen molar-refractivity contribution in [3.8, 4) is 0 Å². The van der Waals surface area contributed by atoms with Gasteiger partial charge in [-0.3, -0.25) is 0 Å².